The molecule has 1 nitrogen and oxygen atoms in total. The van der Waals surface area contributed by atoms with Crippen molar-refractivity contribution in [2.24, 2.45) is 0 Å². The zero-order valence-corrected chi connectivity index (χ0v) is 18.2. The molecule has 1 atom stereocenters. The topological polar surface area (TPSA) is 3.24 Å². The summed E-state index contributed by atoms with van der Waals surface area (Å²) in [5.41, 5.74) is 4.86. The molecule has 5 rings (SSSR count). The number of anilines is 2. The molecule has 0 aromatic heterocycles. The van der Waals surface area contributed by atoms with Crippen molar-refractivity contribution < 1.29 is 0 Å². The summed E-state index contributed by atoms with van der Waals surface area (Å²) in [6, 6.07) is 36.3. The number of fused-ring (bicyclic) bond motifs is 1. The Bertz CT molecular complexity index is 1220. The zero-order chi connectivity index (χ0) is 20.4. The van der Waals surface area contributed by atoms with Gasteiger partial charge in [0.2, 0.25) is 0 Å². The Morgan fingerprint density at radius 1 is 0.700 bits per heavy atom. The summed E-state index contributed by atoms with van der Waals surface area (Å²) in [6.45, 7) is 0. The van der Waals surface area contributed by atoms with Crippen LogP contribution in [0.15, 0.2) is 121 Å². The Morgan fingerprint density at radius 2 is 1.37 bits per heavy atom. The van der Waals surface area contributed by atoms with Crippen LogP contribution in [0.2, 0.25) is 0 Å². The van der Waals surface area contributed by atoms with Crippen molar-refractivity contribution in [3.8, 4) is 0 Å². The lowest BCUT2D eigenvalue weighted by Crippen LogP contribution is -2.39. The van der Waals surface area contributed by atoms with Gasteiger partial charge in [-0.25, -0.2) is 0 Å². The lowest BCUT2D eigenvalue weighted by Gasteiger charge is -2.41. The Balaban J connectivity index is 1.62. The van der Waals surface area contributed by atoms with Crippen molar-refractivity contribution in [3.63, 3.8) is 0 Å². The first kappa shape index (κ1) is 18.9. The van der Waals surface area contributed by atoms with Crippen LogP contribution in [0.5, 0.6) is 0 Å². The smallest absolute Gasteiger partial charge is 0.122 e. The van der Waals surface area contributed by atoms with Gasteiger partial charge in [-0.3, -0.25) is 0 Å². The summed E-state index contributed by atoms with van der Waals surface area (Å²) in [4.78, 5) is 2.41. The fourth-order valence-electron chi connectivity index (χ4n) is 4.15. The quantitative estimate of drug-likeness (QED) is 0.223. The molecule has 0 bridgehead atoms. The van der Waals surface area contributed by atoms with Crippen molar-refractivity contribution in [3.05, 3.63) is 127 Å². The van der Waals surface area contributed by atoms with E-state index in [0.717, 1.165) is 12.1 Å². The van der Waals surface area contributed by atoms with Crippen molar-refractivity contribution in [2.75, 3.05) is 4.90 Å². The van der Waals surface area contributed by atoms with E-state index in [1.165, 1.54) is 27.6 Å². The van der Waals surface area contributed by atoms with Crippen LogP contribution in [-0.2, 0) is 0 Å². The van der Waals surface area contributed by atoms with Gasteiger partial charge < -0.3 is 4.90 Å². The van der Waals surface area contributed by atoms with Gasteiger partial charge in [0, 0.05) is 17.5 Å². The van der Waals surface area contributed by atoms with E-state index < -0.39 is 0 Å². The SMILES string of the molecule is Br[C@]1(N(c2ccccc2)c2cccc3ccccc23)C=CC(c2ccccc2)=CC1. The van der Waals surface area contributed by atoms with Gasteiger partial charge >= 0.3 is 0 Å². The molecule has 4 aromatic carbocycles. The number of hydrogen-bond donors (Lipinski definition) is 0. The molecule has 1 aliphatic rings. The predicted molar refractivity (Wildman–Crippen MR) is 132 cm³/mol. The van der Waals surface area contributed by atoms with Gasteiger partial charge in [-0.15, -0.1) is 0 Å². The third-order valence-electron chi connectivity index (χ3n) is 5.63. The van der Waals surface area contributed by atoms with Crippen LogP contribution in [0.1, 0.15) is 12.0 Å². The average Bonchev–Trinajstić information content (AvgIpc) is 2.81. The molecule has 4 aromatic rings. The standard InChI is InChI=1S/C28H22BrN/c29-28(20-18-23(19-21-28)22-10-3-1-4-11-22)30(25-14-5-2-6-15-25)27-17-9-13-24-12-7-8-16-26(24)27/h1-20H,21H2/t28-/m0/s1. The number of nitrogens with zero attached hydrogens (tertiary/aromatic N) is 1. The molecule has 0 saturated heterocycles. The monoisotopic (exact) mass is 451 g/mol. The van der Waals surface area contributed by atoms with Crippen LogP contribution in [0.25, 0.3) is 16.3 Å². The van der Waals surface area contributed by atoms with Gasteiger partial charge in [0.15, 0.2) is 0 Å². The molecule has 30 heavy (non-hydrogen) atoms. The Kier molecular flexibility index (Phi) is 5.02. The average molecular weight is 452 g/mol. The summed E-state index contributed by atoms with van der Waals surface area (Å²) in [7, 11) is 0. The van der Waals surface area contributed by atoms with E-state index in [2.05, 4.69) is 142 Å². The van der Waals surface area contributed by atoms with Crippen LogP contribution in [0.3, 0.4) is 0 Å². The van der Waals surface area contributed by atoms with E-state index in [1.807, 2.05) is 0 Å². The minimum atomic E-state index is -0.350. The second kappa shape index (κ2) is 7.97. The van der Waals surface area contributed by atoms with E-state index in [1.54, 1.807) is 0 Å². The molecule has 146 valence electrons. The third kappa shape index (κ3) is 3.48. The maximum atomic E-state index is 4.12. The molecule has 0 spiro atoms. The molecular formula is C28H22BrN. The van der Waals surface area contributed by atoms with Crippen LogP contribution >= 0.6 is 15.9 Å². The highest BCUT2D eigenvalue weighted by atomic mass is 79.9. The van der Waals surface area contributed by atoms with Gasteiger partial charge in [-0.1, -0.05) is 113 Å². The van der Waals surface area contributed by atoms with E-state index in [-0.39, 0.29) is 4.45 Å². The summed E-state index contributed by atoms with van der Waals surface area (Å²) >= 11 is 4.12. The lowest BCUT2D eigenvalue weighted by molar-refractivity contribution is 0.743. The number of para-hydroxylation sites is 1. The fraction of sp³-hybridized carbons (Fsp3) is 0.0714. The van der Waals surface area contributed by atoms with Crippen LogP contribution in [0, 0.1) is 0 Å². The molecule has 1 aliphatic carbocycles. The molecule has 0 heterocycles. The largest absolute Gasteiger partial charge is 0.321 e. The summed E-state index contributed by atoms with van der Waals surface area (Å²) in [5, 5.41) is 2.49. The number of allylic oxidation sites excluding steroid dienone is 2. The van der Waals surface area contributed by atoms with Crippen molar-refractivity contribution in [1.82, 2.24) is 0 Å². The summed E-state index contributed by atoms with van der Waals surface area (Å²) in [6.07, 6.45) is 7.69. The first-order valence-corrected chi connectivity index (χ1v) is 11.0. The van der Waals surface area contributed by atoms with E-state index in [0.29, 0.717) is 0 Å². The van der Waals surface area contributed by atoms with Crippen molar-refractivity contribution in [2.45, 2.75) is 10.9 Å². The lowest BCUT2D eigenvalue weighted by atomic mass is 9.95. The highest BCUT2D eigenvalue weighted by Gasteiger charge is 2.34. The van der Waals surface area contributed by atoms with Gasteiger partial charge in [0.1, 0.15) is 4.45 Å². The van der Waals surface area contributed by atoms with E-state index in [4.69, 9.17) is 0 Å². The maximum Gasteiger partial charge on any atom is 0.122 e. The molecule has 0 amide bonds. The van der Waals surface area contributed by atoms with Crippen molar-refractivity contribution >= 4 is 43.7 Å². The molecular weight excluding hydrogens is 430 g/mol. The van der Waals surface area contributed by atoms with E-state index >= 15 is 0 Å². The molecule has 0 aliphatic heterocycles. The fourth-order valence-corrected chi connectivity index (χ4v) is 4.84. The highest BCUT2D eigenvalue weighted by molar-refractivity contribution is 9.10. The summed E-state index contributed by atoms with van der Waals surface area (Å²) in [5.74, 6) is 0. The molecule has 2 heteroatoms. The zero-order valence-electron chi connectivity index (χ0n) is 16.6. The Labute approximate surface area is 186 Å². The van der Waals surface area contributed by atoms with Crippen LogP contribution in [0.4, 0.5) is 11.4 Å². The third-order valence-corrected chi connectivity index (χ3v) is 6.57. The second-order valence-corrected chi connectivity index (χ2v) is 8.92. The Hall–Kier alpha value is -3.10. The molecule has 0 fully saturated rings. The minimum absolute atomic E-state index is 0.350. The number of benzene rings is 4. The minimum Gasteiger partial charge on any atom is -0.321 e. The number of halogens is 1. The second-order valence-electron chi connectivity index (χ2n) is 7.55. The number of hydrogen-bond acceptors (Lipinski definition) is 1. The molecule has 0 saturated carbocycles. The van der Waals surface area contributed by atoms with Gasteiger partial charge in [-0.2, -0.15) is 0 Å². The van der Waals surface area contributed by atoms with Crippen LogP contribution < -0.4 is 4.90 Å². The van der Waals surface area contributed by atoms with Crippen LogP contribution in [-0.4, -0.2) is 4.45 Å². The Morgan fingerprint density at radius 3 is 2.10 bits per heavy atom. The normalized spacial score (nSPS) is 18.2. The maximum absolute atomic E-state index is 4.12. The summed E-state index contributed by atoms with van der Waals surface area (Å²) < 4.78 is -0.350. The first-order valence-electron chi connectivity index (χ1n) is 10.2. The van der Waals surface area contributed by atoms with Crippen molar-refractivity contribution in [1.29, 1.82) is 0 Å². The van der Waals surface area contributed by atoms with Gasteiger partial charge in [0.25, 0.3) is 0 Å². The predicted octanol–water partition coefficient (Wildman–Crippen LogP) is 8.11. The highest BCUT2D eigenvalue weighted by Crippen LogP contribution is 2.45. The van der Waals surface area contributed by atoms with E-state index in [9.17, 15) is 0 Å². The first-order chi connectivity index (χ1) is 14.7. The molecule has 0 N–H and O–H groups in total. The number of rotatable bonds is 4. The van der Waals surface area contributed by atoms with Gasteiger partial charge in [-0.05, 0) is 40.8 Å². The van der Waals surface area contributed by atoms with Gasteiger partial charge in [0.05, 0.1) is 5.69 Å². The molecule has 0 radical (unpaired) electrons. The molecule has 0 unspecified atom stereocenters. The number of alkyl halides is 1.